The molecule has 0 nitrogen and oxygen atoms in total. The van der Waals surface area contributed by atoms with Gasteiger partial charge in [-0.2, -0.15) is 0 Å². The molecule has 0 aliphatic rings. The Kier molecular flexibility index (Phi) is 3.00. The van der Waals surface area contributed by atoms with E-state index in [0.717, 1.165) is 0 Å². The quantitative estimate of drug-likeness (QED) is 0.492. The van der Waals surface area contributed by atoms with Crippen molar-refractivity contribution in [2.75, 3.05) is 0 Å². The molecule has 0 bridgehead atoms. The van der Waals surface area contributed by atoms with Crippen LogP contribution < -0.4 is 0 Å². The van der Waals surface area contributed by atoms with Crippen LogP contribution >= 0.6 is 0 Å². The first kappa shape index (κ1) is 8.22. The highest BCUT2D eigenvalue weighted by molar-refractivity contribution is 5.20. The van der Waals surface area contributed by atoms with Crippen molar-refractivity contribution in [3.63, 3.8) is 0 Å². The monoisotopic (exact) mass is 119 g/mol. The first-order valence-electron chi connectivity index (χ1n) is 2.82. The van der Waals surface area contributed by atoms with Crippen LogP contribution in [0.25, 0.3) is 0 Å². The molecule has 0 atom stereocenters. The minimum absolute atomic E-state index is 0. The standard InChI is InChI=1S/C8H10.CH/c1-7-4-3-5-8(2)6-7;/h3-6H,1-2H3;1H. The van der Waals surface area contributed by atoms with E-state index in [2.05, 4.69) is 38.1 Å². The topological polar surface area (TPSA) is 0 Å². The third kappa shape index (κ3) is 2.31. The van der Waals surface area contributed by atoms with E-state index in [0.29, 0.717) is 0 Å². The van der Waals surface area contributed by atoms with Gasteiger partial charge in [-0.25, -0.2) is 0 Å². The lowest BCUT2D eigenvalue weighted by Gasteiger charge is -1.90. The molecule has 0 aromatic heterocycles. The minimum atomic E-state index is 0. The van der Waals surface area contributed by atoms with Crippen molar-refractivity contribution < 1.29 is 0 Å². The second kappa shape index (κ2) is 3.29. The van der Waals surface area contributed by atoms with Crippen LogP contribution in [-0.2, 0) is 0 Å². The van der Waals surface area contributed by atoms with Crippen LogP contribution in [0.4, 0.5) is 0 Å². The first-order chi connectivity index (χ1) is 3.79. The third-order valence-corrected chi connectivity index (χ3v) is 1.17. The van der Waals surface area contributed by atoms with E-state index >= 15 is 0 Å². The second-order valence-corrected chi connectivity index (χ2v) is 2.16. The Bertz CT molecular complexity index is 160. The van der Waals surface area contributed by atoms with Crippen molar-refractivity contribution in [3.8, 4) is 0 Å². The van der Waals surface area contributed by atoms with Gasteiger partial charge in [0.1, 0.15) is 0 Å². The highest BCUT2D eigenvalue weighted by Gasteiger charge is 1.80. The molecule has 0 heterocycles. The Balaban J connectivity index is 0.000000640. The number of hydrogen-bond acceptors (Lipinski definition) is 0. The highest BCUT2D eigenvalue weighted by Crippen LogP contribution is 2.00. The molecule has 0 spiro atoms. The van der Waals surface area contributed by atoms with Gasteiger partial charge in [-0.15, -0.1) is 0 Å². The molecule has 0 fully saturated rings. The summed E-state index contributed by atoms with van der Waals surface area (Å²) in [6, 6.07) is 8.45. The van der Waals surface area contributed by atoms with Crippen LogP contribution in [0.3, 0.4) is 0 Å². The average molecular weight is 119 g/mol. The molecule has 1 aromatic carbocycles. The van der Waals surface area contributed by atoms with Crippen molar-refractivity contribution >= 4 is 0 Å². The molecule has 0 saturated carbocycles. The van der Waals surface area contributed by atoms with Gasteiger partial charge in [0.25, 0.3) is 0 Å². The van der Waals surface area contributed by atoms with Gasteiger partial charge in [-0.05, 0) is 21.3 Å². The first-order valence-corrected chi connectivity index (χ1v) is 2.82. The smallest absolute Gasteiger partial charge is 0.0312 e. The van der Waals surface area contributed by atoms with Crippen molar-refractivity contribution in [2.45, 2.75) is 13.8 Å². The summed E-state index contributed by atoms with van der Waals surface area (Å²) < 4.78 is 0. The lowest BCUT2D eigenvalue weighted by molar-refractivity contribution is 1.39. The molecule has 0 aliphatic heterocycles. The Labute approximate surface area is 57.5 Å². The number of rotatable bonds is 0. The zero-order valence-corrected chi connectivity index (χ0v) is 5.89. The Morgan fingerprint density at radius 2 is 1.44 bits per heavy atom. The predicted octanol–water partition coefficient (Wildman–Crippen LogP) is 2.51. The Morgan fingerprint density at radius 1 is 1.00 bits per heavy atom. The molecule has 0 amide bonds. The lowest BCUT2D eigenvalue weighted by atomic mass is 10.2. The summed E-state index contributed by atoms with van der Waals surface area (Å²) in [7, 11) is 0. The average Bonchev–Trinajstić information content (AvgIpc) is 1.64. The van der Waals surface area contributed by atoms with Crippen molar-refractivity contribution in [2.24, 2.45) is 0 Å². The molecule has 0 N–H and O–H groups in total. The van der Waals surface area contributed by atoms with Crippen LogP contribution in [0.5, 0.6) is 0 Å². The Hall–Kier alpha value is -0.780. The largest absolute Gasteiger partial charge is 0.0617 e. The minimum Gasteiger partial charge on any atom is -0.0617 e. The van der Waals surface area contributed by atoms with Crippen molar-refractivity contribution in [1.82, 2.24) is 0 Å². The van der Waals surface area contributed by atoms with Crippen LogP contribution in [0.2, 0.25) is 0 Å². The molecule has 1 aromatic rings. The van der Waals surface area contributed by atoms with Crippen LogP contribution in [-0.4, -0.2) is 0 Å². The number of hydrogen-bond donors (Lipinski definition) is 0. The zero-order valence-electron chi connectivity index (χ0n) is 5.89. The summed E-state index contributed by atoms with van der Waals surface area (Å²) in [6.07, 6.45) is 0. The molecule has 0 heteroatoms. The summed E-state index contributed by atoms with van der Waals surface area (Å²) >= 11 is 0. The van der Waals surface area contributed by atoms with Gasteiger partial charge >= 0.3 is 0 Å². The third-order valence-electron chi connectivity index (χ3n) is 1.17. The van der Waals surface area contributed by atoms with Gasteiger partial charge in [0.05, 0.1) is 0 Å². The SMILES string of the molecule is Cc1cccc(C)c1.[CH]. The fraction of sp³-hybridized carbons (Fsp3) is 0.222. The van der Waals surface area contributed by atoms with E-state index in [1.165, 1.54) is 11.1 Å². The lowest BCUT2D eigenvalue weighted by Crippen LogP contribution is -1.71. The molecule has 47 valence electrons. The van der Waals surface area contributed by atoms with Gasteiger partial charge in [0.15, 0.2) is 0 Å². The van der Waals surface area contributed by atoms with Crippen molar-refractivity contribution in [1.29, 1.82) is 0 Å². The summed E-state index contributed by atoms with van der Waals surface area (Å²) in [4.78, 5) is 0. The van der Waals surface area contributed by atoms with Crippen LogP contribution in [0.1, 0.15) is 11.1 Å². The molecule has 1 rings (SSSR count). The molecule has 0 unspecified atom stereocenters. The Morgan fingerprint density at radius 3 is 1.67 bits per heavy atom. The number of aryl methyl sites for hydroxylation is 2. The summed E-state index contributed by atoms with van der Waals surface area (Å²) in [5.74, 6) is 0. The highest BCUT2D eigenvalue weighted by atomic mass is 13.9. The summed E-state index contributed by atoms with van der Waals surface area (Å²) in [5.41, 5.74) is 2.68. The maximum Gasteiger partial charge on any atom is -0.0312 e. The van der Waals surface area contributed by atoms with Crippen molar-refractivity contribution in [3.05, 3.63) is 42.8 Å². The molecule has 0 aliphatic carbocycles. The van der Waals surface area contributed by atoms with Gasteiger partial charge in [-0.3, -0.25) is 0 Å². The van der Waals surface area contributed by atoms with Crippen LogP contribution in [0, 0.1) is 21.3 Å². The summed E-state index contributed by atoms with van der Waals surface area (Å²) in [5, 5.41) is 0. The van der Waals surface area contributed by atoms with Gasteiger partial charge in [0, 0.05) is 0 Å². The summed E-state index contributed by atoms with van der Waals surface area (Å²) in [6.45, 7) is 4.21. The molecular weight excluding hydrogens is 108 g/mol. The van der Waals surface area contributed by atoms with E-state index in [-0.39, 0.29) is 7.43 Å². The number of benzene rings is 1. The van der Waals surface area contributed by atoms with E-state index in [1.807, 2.05) is 0 Å². The fourth-order valence-corrected chi connectivity index (χ4v) is 0.807. The maximum atomic E-state index is 2.17. The molecule has 3 radical (unpaired) electrons. The maximum absolute atomic E-state index is 2.17. The fourth-order valence-electron chi connectivity index (χ4n) is 0.807. The van der Waals surface area contributed by atoms with Gasteiger partial charge < -0.3 is 0 Å². The second-order valence-electron chi connectivity index (χ2n) is 2.16. The van der Waals surface area contributed by atoms with Gasteiger partial charge in [-0.1, -0.05) is 35.4 Å². The van der Waals surface area contributed by atoms with Crippen LogP contribution in [0.15, 0.2) is 24.3 Å². The zero-order chi connectivity index (χ0) is 5.98. The van der Waals surface area contributed by atoms with E-state index in [9.17, 15) is 0 Å². The van der Waals surface area contributed by atoms with E-state index < -0.39 is 0 Å². The predicted molar refractivity (Wildman–Crippen MR) is 40.2 cm³/mol. The van der Waals surface area contributed by atoms with E-state index in [1.54, 1.807) is 0 Å². The molecular formula is C9H11. The molecule has 9 heavy (non-hydrogen) atoms. The van der Waals surface area contributed by atoms with Gasteiger partial charge in [0.2, 0.25) is 0 Å². The molecule has 0 saturated heterocycles. The van der Waals surface area contributed by atoms with E-state index in [4.69, 9.17) is 0 Å². The normalized spacial score (nSPS) is 8.22.